The van der Waals surface area contributed by atoms with Gasteiger partial charge in [-0.2, -0.15) is 0 Å². The zero-order valence-electron chi connectivity index (χ0n) is 8.19. The zero-order chi connectivity index (χ0) is 9.84. The van der Waals surface area contributed by atoms with Gasteiger partial charge >= 0.3 is 6.09 Å². The van der Waals surface area contributed by atoms with E-state index in [2.05, 4.69) is 13.8 Å². The summed E-state index contributed by atoms with van der Waals surface area (Å²) >= 11 is 0. The van der Waals surface area contributed by atoms with Crippen molar-refractivity contribution in [2.75, 3.05) is 19.7 Å². The molecular weight excluding hydrogens is 170 g/mol. The maximum atomic E-state index is 11.2. The average molecular weight is 187 g/mol. The average Bonchev–Trinajstić information content (AvgIpc) is 2.31. The van der Waals surface area contributed by atoms with Crippen molar-refractivity contribution in [3.05, 3.63) is 0 Å². The van der Waals surface area contributed by atoms with Gasteiger partial charge in [0, 0.05) is 19.6 Å². The fraction of sp³-hybridized carbons (Fsp3) is 0.889. The number of cyclic esters (lactones) is 1. The van der Waals surface area contributed by atoms with Crippen molar-refractivity contribution in [1.29, 1.82) is 0 Å². The summed E-state index contributed by atoms with van der Waals surface area (Å²) < 4.78 is 5.04. The van der Waals surface area contributed by atoms with Crippen molar-refractivity contribution < 1.29 is 14.6 Å². The molecule has 1 amide bonds. The van der Waals surface area contributed by atoms with E-state index >= 15 is 0 Å². The van der Waals surface area contributed by atoms with E-state index in [1.165, 1.54) is 0 Å². The predicted molar refractivity (Wildman–Crippen MR) is 48.4 cm³/mol. The summed E-state index contributed by atoms with van der Waals surface area (Å²) in [6.07, 6.45) is 0.184. The zero-order valence-corrected chi connectivity index (χ0v) is 8.19. The highest BCUT2D eigenvalue weighted by Gasteiger charge is 2.30. The van der Waals surface area contributed by atoms with Crippen molar-refractivity contribution >= 4 is 6.09 Å². The maximum Gasteiger partial charge on any atom is 0.410 e. The largest absolute Gasteiger partial charge is 0.444 e. The molecule has 1 fully saturated rings. The lowest BCUT2D eigenvalue weighted by atomic mass is 10.2. The number of nitrogens with zero attached hydrogens (tertiary/aromatic N) is 1. The highest BCUT2D eigenvalue weighted by atomic mass is 16.6. The SMILES string of the molecule is CC(C)CN1CC(CCO)OC1=O. The maximum absolute atomic E-state index is 11.2. The van der Waals surface area contributed by atoms with Gasteiger partial charge in [0.25, 0.3) is 0 Å². The fourth-order valence-electron chi connectivity index (χ4n) is 1.46. The number of rotatable bonds is 4. The molecule has 0 aromatic heterocycles. The first-order chi connectivity index (χ1) is 6.13. The summed E-state index contributed by atoms with van der Waals surface area (Å²) in [4.78, 5) is 12.9. The van der Waals surface area contributed by atoms with E-state index in [1.54, 1.807) is 4.90 Å². The van der Waals surface area contributed by atoms with Gasteiger partial charge < -0.3 is 14.7 Å². The summed E-state index contributed by atoms with van der Waals surface area (Å²) in [6.45, 7) is 5.56. The number of aliphatic hydroxyl groups excluding tert-OH is 1. The minimum absolute atomic E-state index is 0.0769. The first kappa shape index (κ1) is 10.3. The van der Waals surface area contributed by atoms with E-state index < -0.39 is 0 Å². The predicted octanol–water partition coefficient (Wildman–Crippen LogP) is 0.846. The van der Waals surface area contributed by atoms with E-state index in [0.29, 0.717) is 18.9 Å². The Balaban J connectivity index is 2.37. The molecule has 1 heterocycles. The van der Waals surface area contributed by atoms with Crippen LogP contribution in [0.3, 0.4) is 0 Å². The topological polar surface area (TPSA) is 49.8 Å². The summed E-state index contributed by atoms with van der Waals surface area (Å²) in [6, 6.07) is 0. The van der Waals surface area contributed by atoms with E-state index in [4.69, 9.17) is 9.84 Å². The Bertz CT molecular complexity index is 182. The van der Waals surface area contributed by atoms with Gasteiger partial charge in [-0.3, -0.25) is 0 Å². The smallest absolute Gasteiger partial charge is 0.410 e. The molecule has 0 bridgehead atoms. The monoisotopic (exact) mass is 187 g/mol. The molecule has 1 atom stereocenters. The number of ether oxygens (including phenoxy) is 1. The molecular formula is C9H17NO3. The molecule has 76 valence electrons. The second kappa shape index (κ2) is 4.46. The highest BCUT2D eigenvalue weighted by molar-refractivity contribution is 5.69. The van der Waals surface area contributed by atoms with Gasteiger partial charge in [0.1, 0.15) is 6.10 Å². The van der Waals surface area contributed by atoms with Gasteiger partial charge in [-0.1, -0.05) is 13.8 Å². The van der Waals surface area contributed by atoms with Crippen LogP contribution in [-0.4, -0.2) is 41.9 Å². The molecule has 1 aliphatic rings. The molecule has 0 radical (unpaired) electrons. The molecule has 1 saturated heterocycles. The molecule has 1 unspecified atom stereocenters. The van der Waals surface area contributed by atoms with Crippen molar-refractivity contribution in [3.63, 3.8) is 0 Å². The van der Waals surface area contributed by atoms with Crippen LogP contribution in [0.1, 0.15) is 20.3 Å². The number of amides is 1. The van der Waals surface area contributed by atoms with Crippen LogP contribution in [-0.2, 0) is 4.74 Å². The third kappa shape index (κ3) is 2.88. The molecule has 1 rings (SSSR count). The molecule has 0 aromatic carbocycles. The summed E-state index contributed by atoms with van der Waals surface area (Å²) in [5, 5.41) is 8.67. The molecule has 4 nitrogen and oxygen atoms in total. The molecule has 4 heteroatoms. The molecule has 0 aromatic rings. The van der Waals surface area contributed by atoms with Gasteiger partial charge in [0.2, 0.25) is 0 Å². The lowest BCUT2D eigenvalue weighted by Crippen LogP contribution is -2.29. The summed E-state index contributed by atoms with van der Waals surface area (Å²) in [5.41, 5.74) is 0. The number of hydrogen-bond donors (Lipinski definition) is 1. The van der Waals surface area contributed by atoms with Gasteiger partial charge in [0.15, 0.2) is 0 Å². The van der Waals surface area contributed by atoms with E-state index in [0.717, 1.165) is 6.54 Å². The molecule has 0 saturated carbocycles. The Labute approximate surface area is 78.5 Å². The van der Waals surface area contributed by atoms with Crippen LogP contribution < -0.4 is 0 Å². The second-order valence-corrected chi connectivity index (χ2v) is 3.82. The normalized spacial score (nSPS) is 22.6. The van der Waals surface area contributed by atoms with Crippen LogP contribution in [0.25, 0.3) is 0 Å². The summed E-state index contributed by atoms with van der Waals surface area (Å²) in [5.74, 6) is 0.459. The first-order valence-electron chi connectivity index (χ1n) is 4.70. The van der Waals surface area contributed by atoms with Crippen molar-refractivity contribution in [3.8, 4) is 0 Å². The molecule has 1 N–H and O–H groups in total. The standard InChI is InChI=1S/C9H17NO3/c1-7(2)5-10-6-8(3-4-11)13-9(10)12/h7-8,11H,3-6H2,1-2H3. The fourth-order valence-corrected chi connectivity index (χ4v) is 1.46. The van der Waals surface area contributed by atoms with Crippen molar-refractivity contribution in [2.45, 2.75) is 26.4 Å². The van der Waals surface area contributed by atoms with Crippen LogP contribution in [0.4, 0.5) is 4.79 Å². The van der Waals surface area contributed by atoms with E-state index in [9.17, 15) is 4.79 Å². The molecule has 0 spiro atoms. The molecule has 13 heavy (non-hydrogen) atoms. The Morgan fingerprint density at radius 3 is 2.92 bits per heavy atom. The van der Waals surface area contributed by atoms with E-state index in [-0.39, 0.29) is 18.8 Å². The Morgan fingerprint density at radius 1 is 1.69 bits per heavy atom. The van der Waals surface area contributed by atoms with Crippen molar-refractivity contribution in [2.24, 2.45) is 5.92 Å². The Morgan fingerprint density at radius 2 is 2.38 bits per heavy atom. The number of carbonyl (C=O) groups excluding carboxylic acids is 1. The van der Waals surface area contributed by atoms with Gasteiger partial charge in [-0.05, 0) is 5.92 Å². The Kier molecular flexibility index (Phi) is 3.54. The van der Waals surface area contributed by atoms with Crippen LogP contribution in [0, 0.1) is 5.92 Å². The lowest BCUT2D eigenvalue weighted by molar-refractivity contribution is 0.117. The third-order valence-electron chi connectivity index (χ3n) is 1.99. The molecule has 1 aliphatic heterocycles. The van der Waals surface area contributed by atoms with Crippen LogP contribution in [0.2, 0.25) is 0 Å². The minimum Gasteiger partial charge on any atom is -0.444 e. The van der Waals surface area contributed by atoms with Gasteiger partial charge in [0.05, 0.1) is 6.54 Å². The Hall–Kier alpha value is -0.770. The van der Waals surface area contributed by atoms with Crippen LogP contribution in [0.5, 0.6) is 0 Å². The quantitative estimate of drug-likeness (QED) is 0.709. The van der Waals surface area contributed by atoms with Crippen LogP contribution >= 0.6 is 0 Å². The first-order valence-corrected chi connectivity index (χ1v) is 4.70. The number of aliphatic hydroxyl groups is 1. The second-order valence-electron chi connectivity index (χ2n) is 3.82. The summed E-state index contributed by atoms with van der Waals surface area (Å²) in [7, 11) is 0. The van der Waals surface area contributed by atoms with Gasteiger partial charge in [-0.25, -0.2) is 4.79 Å². The third-order valence-corrected chi connectivity index (χ3v) is 1.99. The number of carbonyl (C=O) groups is 1. The van der Waals surface area contributed by atoms with E-state index in [1.807, 2.05) is 0 Å². The van der Waals surface area contributed by atoms with Crippen molar-refractivity contribution in [1.82, 2.24) is 4.90 Å². The molecule has 0 aliphatic carbocycles. The highest BCUT2D eigenvalue weighted by Crippen LogP contribution is 2.15. The van der Waals surface area contributed by atoms with Crippen LogP contribution in [0.15, 0.2) is 0 Å². The number of hydrogen-bond acceptors (Lipinski definition) is 3. The lowest BCUT2D eigenvalue weighted by Gasteiger charge is -2.14. The van der Waals surface area contributed by atoms with Gasteiger partial charge in [-0.15, -0.1) is 0 Å². The minimum atomic E-state index is -0.243.